The maximum Gasteiger partial charge on any atom is 0.261 e. The van der Waals surface area contributed by atoms with Gasteiger partial charge in [-0.25, -0.2) is 14.4 Å². The van der Waals surface area contributed by atoms with E-state index in [0.29, 0.717) is 40.6 Å². The van der Waals surface area contributed by atoms with Gasteiger partial charge in [0.2, 0.25) is 0 Å². The number of aliphatic hydroxyl groups is 1. The third kappa shape index (κ3) is 5.44. The van der Waals surface area contributed by atoms with Crippen LogP contribution in [0.2, 0.25) is 0 Å². The van der Waals surface area contributed by atoms with Crippen LogP contribution in [-0.2, 0) is 6.42 Å². The first kappa shape index (κ1) is 28.8. The van der Waals surface area contributed by atoms with Crippen LogP contribution in [0.3, 0.4) is 0 Å². The normalized spacial score (nSPS) is 27.9. The Bertz CT molecular complexity index is 1520. The van der Waals surface area contributed by atoms with Crippen LogP contribution in [0.1, 0.15) is 52.1 Å². The fourth-order valence-electron chi connectivity index (χ4n) is 7.51. The van der Waals surface area contributed by atoms with E-state index in [9.17, 15) is 14.3 Å². The van der Waals surface area contributed by atoms with E-state index in [2.05, 4.69) is 48.2 Å². The Morgan fingerprint density at radius 1 is 1.21 bits per heavy atom. The van der Waals surface area contributed by atoms with Crippen LogP contribution in [-0.4, -0.2) is 63.8 Å². The smallest absolute Gasteiger partial charge is 0.261 e. The number of benzene rings is 2. The molecule has 1 saturated heterocycles. The summed E-state index contributed by atoms with van der Waals surface area (Å²) in [6.45, 7) is 11.8. The molecule has 3 aromatic rings. The number of rotatable bonds is 6. The first-order valence-electron chi connectivity index (χ1n) is 15.3. The van der Waals surface area contributed by atoms with Crippen molar-refractivity contribution < 1.29 is 9.50 Å². The van der Waals surface area contributed by atoms with E-state index in [4.69, 9.17) is 4.99 Å². The van der Waals surface area contributed by atoms with Gasteiger partial charge in [-0.2, -0.15) is 0 Å². The fourth-order valence-corrected chi connectivity index (χ4v) is 7.51. The van der Waals surface area contributed by atoms with Crippen molar-refractivity contribution in [3.05, 3.63) is 70.5 Å². The fraction of sp³-hybridized carbons (Fsp3) is 0.545. The summed E-state index contributed by atoms with van der Waals surface area (Å²) in [4.78, 5) is 25.8. The zero-order valence-corrected chi connectivity index (χ0v) is 25.1. The lowest BCUT2D eigenvalue weighted by molar-refractivity contribution is -0.108. The Labute approximate surface area is 247 Å². The third-order valence-electron chi connectivity index (χ3n) is 10.3. The molecule has 0 amide bonds. The molecule has 4 aliphatic rings. The Kier molecular flexibility index (Phi) is 7.83. The molecule has 224 valence electrons. The van der Waals surface area contributed by atoms with E-state index in [1.807, 2.05) is 12.1 Å². The zero-order chi connectivity index (χ0) is 29.6. The summed E-state index contributed by atoms with van der Waals surface area (Å²) in [5.41, 5.74) is 2.46. The van der Waals surface area contributed by atoms with E-state index in [1.54, 1.807) is 18.2 Å². The summed E-state index contributed by atoms with van der Waals surface area (Å²) in [6.07, 6.45) is 4.34. The summed E-state index contributed by atoms with van der Waals surface area (Å²) in [6, 6.07) is 11.9. The highest BCUT2D eigenvalue weighted by Crippen LogP contribution is 2.61. The molecule has 3 N–H and O–H groups in total. The molecule has 2 heterocycles. The Morgan fingerprint density at radius 3 is 2.69 bits per heavy atom. The SMILES string of the molecule is C[C@@H]1[C@@H](/N=C(/Nc2ccc3c(=O)n([C@H](CO)Cc4ccc(F)cc4)cnc3c2)N2CCN[C@@H](C)C2)C[C@H]2C[C@@H]1C2(C)C. The molecule has 7 rings (SSSR count). The molecular weight excluding hydrogens is 531 g/mol. The number of aromatic nitrogens is 2. The number of fused-ring (bicyclic) bond motifs is 3. The van der Waals surface area contributed by atoms with Crippen LogP contribution < -0.4 is 16.2 Å². The van der Waals surface area contributed by atoms with E-state index in [1.165, 1.54) is 29.4 Å². The van der Waals surface area contributed by atoms with Gasteiger partial charge in [0.15, 0.2) is 5.96 Å². The number of piperazine rings is 1. The van der Waals surface area contributed by atoms with Gasteiger partial charge in [0.25, 0.3) is 5.56 Å². The molecule has 1 aliphatic heterocycles. The van der Waals surface area contributed by atoms with Gasteiger partial charge in [-0.3, -0.25) is 9.36 Å². The zero-order valence-electron chi connectivity index (χ0n) is 25.1. The predicted molar refractivity (Wildman–Crippen MR) is 165 cm³/mol. The summed E-state index contributed by atoms with van der Waals surface area (Å²) in [7, 11) is 0. The summed E-state index contributed by atoms with van der Waals surface area (Å²) in [5, 5.41) is 17.7. The highest BCUT2D eigenvalue weighted by atomic mass is 19.1. The number of anilines is 1. The molecule has 8 nitrogen and oxygen atoms in total. The van der Waals surface area contributed by atoms with Crippen molar-refractivity contribution in [1.82, 2.24) is 19.8 Å². The maximum absolute atomic E-state index is 13.5. The lowest BCUT2D eigenvalue weighted by Gasteiger charge is -2.61. The maximum atomic E-state index is 13.5. The van der Waals surface area contributed by atoms with E-state index in [0.717, 1.165) is 49.2 Å². The standard InChI is InChI=1S/C33H43FN6O2/c1-20-17-39(12-11-35-20)32(38-29-15-23-14-28(21(29)2)33(23,3)4)37-25-9-10-27-30(16-25)36-19-40(31(27)42)26(18-41)13-22-5-7-24(34)8-6-22/h5-10,16,19-21,23,26,28-29,35,41H,11-15,17-18H2,1-4H3,(H,37,38)/t20-,21-,23+,26-,28-,29-/m0/s1. The molecule has 1 aromatic heterocycles. The van der Waals surface area contributed by atoms with Gasteiger partial charge in [0.05, 0.1) is 35.9 Å². The number of aliphatic imine (C=N–C) groups is 1. The molecule has 6 atom stereocenters. The van der Waals surface area contributed by atoms with Crippen LogP contribution >= 0.6 is 0 Å². The van der Waals surface area contributed by atoms with Crippen LogP contribution in [0.5, 0.6) is 0 Å². The molecule has 3 saturated carbocycles. The molecular formula is C33H43FN6O2. The van der Waals surface area contributed by atoms with E-state index >= 15 is 0 Å². The molecule has 42 heavy (non-hydrogen) atoms. The van der Waals surface area contributed by atoms with Gasteiger partial charge in [-0.1, -0.05) is 32.9 Å². The Hall–Kier alpha value is -3.30. The molecule has 2 aromatic carbocycles. The molecule has 2 bridgehead atoms. The average Bonchev–Trinajstić information content (AvgIpc) is 2.97. The van der Waals surface area contributed by atoms with Crippen molar-refractivity contribution in [3.8, 4) is 0 Å². The number of hydrogen-bond donors (Lipinski definition) is 3. The quantitative estimate of drug-likeness (QED) is 0.298. The Morgan fingerprint density at radius 2 is 2.00 bits per heavy atom. The van der Waals surface area contributed by atoms with Crippen LogP contribution in [0.15, 0.2) is 58.6 Å². The molecule has 3 aliphatic carbocycles. The van der Waals surface area contributed by atoms with Crippen molar-refractivity contribution in [2.75, 3.05) is 31.6 Å². The molecule has 0 unspecified atom stereocenters. The summed E-state index contributed by atoms with van der Waals surface area (Å²) >= 11 is 0. The number of aliphatic hydroxyl groups excluding tert-OH is 1. The second kappa shape index (κ2) is 11.4. The van der Waals surface area contributed by atoms with Crippen molar-refractivity contribution >= 4 is 22.5 Å². The molecule has 9 heteroatoms. The van der Waals surface area contributed by atoms with Crippen molar-refractivity contribution in [3.63, 3.8) is 0 Å². The number of hydrogen-bond acceptors (Lipinski definition) is 5. The number of halogens is 1. The van der Waals surface area contributed by atoms with Gasteiger partial charge in [0, 0.05) is 31.4 Å². The van der Waals surface area contributed by atoms with Crippen molar-refractivity contribution in [2.24, 2.45) is 28.2 Å². The topological polar surface area (TPSA) is 94.8 Å². The van der Waals surface area contributed by atoms with Gasteiger partial charge < -0.3 is 20.6 Å². The van der Waals surface area contributed by atoms with Crippen LogP contribution in [0.4, 0.5) is 10.1 Å². The minimum absolute atomic E-state index is 0.213. The lowest BCUT2D eigenvalue weighted by Crippen LogP contribution is -2.57. The van der Waals surface area contributed by atoms with Crippen molar-refractivity contribution in [2.45, 2.75) is 65.1 Å². The number of nitrogens with one attached hydrogen (secondary N) is 2. The summed E-state index contributed by atoms with van der Waals surface area (Å²) in [5.74, 6) is 2.56. The van der Waals surface area contributed by atoms with Crippen LogP contribution in [0.25, 0.3) is 10.9 Å². The first-order chi connectivity index (χ1) is 20.1. The third-order valence-corrected chi connectivity index (χ3v) is 10.3. The Balaban J connectivity index is 1.26. The largest absolute Gasteiger partial charge is 0.394 e. The van der Waals surface area contributed by atoms with E-state index < -0.39 is 6.04 Å². The van der Waals surface area contributed by atoms with Gasteiger partial charge in [-0.15, -0.1) is 0 Å². The minimum Gasteiger partial charge on any atom is -0.394 e. The molecule has 4 fully saturated rings. The number of nitrogens with zero attached hydrogens (tertiary/aromatic N) is 4. The van der Waals surface area contributed by atoms with Gasteiger partial charge in [-0.05, 0) is 85.3 Å². The first-order valence-corrected chi connectivity index (χ1v) is 15.3. The second-order valence-electron chi connectivity index (χ2n) is 13.3. The highest BCUT2D eigenvalue weighted by Gasteiger charge is 2.56. The van der Waals surface area contributed by atoms with Crippen LogP contribution in [0, 0.1) is 29.0 Å². The van der Waals surface area contributed by atoms with Gasteiger partial charge >= 0.3 is 0 Å². The lowest BCUT2D eigenvalue weighted by atomic mass is 9.45. The van der Waals surface area contributed by atoms with Crippen molar-refractivity contribution in [1.29, 1.82) is 0 Å². The predicted octanol–water partition coefficient (Wildman–Crippen LogP) is 4.44. The minimum atomic E-state index is -0.500. The second-order valence-corrected chi connectivity index (χ2v) is 13.3. The van der Waals surface area contributed by atoms with E-state index in [-0.39, 0.29) is 24.0 Å². The number of guanidine groups is 1. The van der Waals surface area contributed by atoms with Gasteiger partial charge in [0.1, 0.15) is 5.82 Å². The summed E-state index contributed by atoms with van der Waals surface area (Å²) < 4.78 is 14.8. The average molecular weight is 575 g/mol. The highest BCUT2D eigenvalue weighted by molar-refractivity contribution is 5.96. The molecule has 0 radical (unpaired) electrons. The molecule has 0 spiro atoms. The monoisotopic (exact) mass is 574 g/mol.